The van der Waals surface area contributed by atoms with Crippen molar-refractivity contribution in [2.24, 2.45) is 7.05 Å². The number of alkyl halides is 3. The van der Waals surface area contributed by atoms with E-state index in [1.165, 1.54) is 0 Å². The van der Waals surface area contributed by atoms with Crippen LogP contribution in [0, 0.1) is 0 Å². The Balaban J connectivity index is 1.38. The lowest BCUT2D eigenvalue weighted by molar-refractivity contribution is -0.186. The first-order chi connectivity index (χ1) is 18.9. The Hall–Kier alpha value is -4.33. The number of hydrogen-bond acceptors (Lipinski definition) is 9. The van der Waals surface area contributed by atoms with Gasteiger partial charge in [-0.15, -0.1) is 10.2 Å². The molecule has 0 fully saturated rings. The number of benzene rings is 1. The summed E-state index contributed by atoms with van der Waals surface area (Å²) in [6.45, 7) is 3.16. The van der Waals surface area contributed by atoms with E-state index >= 15 is 0 Å². The number of carbonyl (C=O) groups is 1. The third-order valence-corrected chi connectivity index (χ3v) is 6.84. The van der Waals surface area contributed by atoms with Gasteiger partial charge in [0.05, 0.1) is 23.6 Å². The summed E-state index contributed by atoms with van der Waals surface area (Å²) in [5.41, 5.74) is 1.82. The maximum Gasteiger partial charge on any atom is 0.402 e. The first-order valence-electron chi connectivity index (χ1n) is 12.5. The van der Waals surface area contributed by atoms with Gasteiger partial charge in [-0.2, -0.15) is 18.3 Å². The highest BCUT2D eigenvalue weighted by molar-refractivity contribution is 5.89. The Labute approximate surface area is 227 Å². The van der Waals surface area contributed by atoms with Gasteiger partial charge in [-0.05, 0) is 50.6 Å². The van der Waals surface area contributed by atoms with E-state index in [1.54, 1.807) is 17.1 Å². The number of anilines is 2. The number of hydrogen-bond donors (Lipinski definition) is 2. The highest BCUT2D eigenvalue weighted by Crippen LogP contribution is 2.39. The van der Waals surface area contributed by atoms with Gasteiger partial charge in [0.25, 0.3) is 0 Å². The molecule has 1 aromatic carbocycles. The first-order valence-corrected chi connectivity index (χ1v) is 12.5. The predicted octanol–water partition coefficient (Wildman–Crippen LogP) is 4.15. The highest BCUT2D eigenvalue weighted by atomic mass is 19.4. The van der Waals surface area contributed by atoms with Gasteiger partial charge in [0.1, 0.15) is 5.41 Å². The molecule has 0 unspecified atom stereocenters. The average Bonchev–Trinajstić information content (AvgIpc) is 3.52. The van der Waals surface area contributed by atoms with Crippen LogP contribution in [0.3, 0.4) is 0 Å². The molecular formula is C26H28F3N9O2. The standard InChI is InChI=1S/C26H28F3N9O2/c1-25(2,26(27,28)29)23-36-35-22(40-23)21(39)33-20-8-10-37(3)13-16-11-15(5-6-18(16)20)19-7-9-30-24(34-19)32-17-12-31-38(4)14-17/h5-7,9,11-12,14,20H,8,10,13H2,1-4H3,(H,33,39)(H,30,32,34)/t20-/m0/s1. The summed E-state index contributed by atoms with van der Waals surface area (Å²) < 4.78 is 47.0. The van der Waals surface area contributed by atoms with E-state index in [0.29, 0.717) is 31.2 Å². The van der Waals surface area contributed by atoms with Gasteiger partial charge in [0.15, 0.2) is 0 Å². The molecule has 0 aliphatic carbocycles. The lowest BCUT2D eigenvalue weighted by Crippen LogP contribution is -2.36. The molecule has 0 bridgehead atoms. The molecule has 1 aliphatic heterocycles. The number of halogens is 3. The molecule has 40 heavy (non-hydrogen) atoms. The van der Waals surface area contributed by atoms with Crippen molar-refractivity contribution in [1.29, 1.82) is 0 Å². The quantitative estimate of drug-likeness (QED) is 0.361. The van der Waals surface area contributed by atoms with Crippen molar-refractivity contribution in [1.82, 2.24) is 40.2 Å². The van der Waals surface area contributed by atoms with E-state index in [2.05, 4.69) is 40.8 Å². The molecule has 1 amide bonds. The number of rotatable bonds is 6. The van der Waals surface area contributed by atoms with Gasteiger partial charge in [-0.3, -0.25) is 9.48 Å². The van der Waals surface area contributed by atoms with Crippen molar-refractivity contribution in [2.75, 3.05) is 18.9 Å². The second-order valence-corrected chi connectivity index (χ2v) is 10.3. The maximum atomic E-state index is 13.4. The van der Waals surface area contributed by atoms with E-state index in [4.69, 9.17) is 4.42 Å². The van der Waals surface area contributed by atoms with Gasteiger partial charge in [0.2, 0.25) is 11.8 Å². The predicted molar refractivity (Wildman–Crippen MR) is 138 cm³/mol. The Bertz CT molecular complexity index is 1530. The van der Waals surface area contributed by atoms with Crippen LogP contribution in [-0.2, 0) is 19.0 Å². The lowest BCUT2D eigenvalue weighted by atomic mass is 9.93. The van der Waals surface area contributed by atoms with Crippen molar-refractivity contribution in [3.8, 4) is 11.3 Å². The molecule has 0 saturated heterocycles. The molecule has 3 aromatic heterocycles. The Kier molecular flexibility index (Phi) is 7.04. The summed E-state index contributed by atoms with van der Waals surface area (Å²) in [7, 11) is 3.80. The van der Waals surface area contributed by atoms with Gasteiger partial charge >= 0.3 is 18.0 Å². The number of aromatic nitrogens is 6. The molecule has 1 aliphatic rings. The molecule has 210 valence electrons. The third-order valence-electron chi connectivity index (χ3n) is 6.84. The molecule has 5 rings (SSSR count). The van der Waals surface area contributed by atoms with E-state index in [9.17, 15) is 18.0 Å². The number of carbonyl (C=O) groups excluding carboxylic acids is 1. The van der Waals surface area contributed by atoms with Crippen LogP contribution in [0.5, 0.6) is 0 Å². The fourth-order valence-corrected chi connectivity index (χ4v) is 4.37. The molecule has 0 saturated carbocycles. The van der Waals surface area contributed by atoms with Gasteiger partial charge in [-0.25, -0.2) is 9.97 Å². The minimum atomic E-state index is -4.62. The van der Waals surface area contributed by atoms with Crippen molar-refractivity contribution < 1.29 is 22.4 Å². The van der Waals surface area contributed by atoms with Crippen molar-refractivity contribution in [3.05, 3.63) is 65.8 Å². The van der Waals surface area contributed by atoms with Crippen LogP contribution in [0.15, 0.2) is 47.3 Å². The number of nitrogens with one attached hydrogen (secondary N) is 2. The zero-order chi connectivity index (χ0) is 28.7. The second kappa shape index (κ2) is 10.3. The van der Waals surface area contributed by atoms with Gasteiger partial charge in [0, 0.05) is 38.1 Å². The number of fused-ring (bicyclic) bond motifs is 1. The van der Waals surface area contributed by atoms with Crippen molar-refractivity contribution in [3.63, 3.8) is 0 Å². The molecule has 0 radical (unpaired) electrons. The minimum absolute atomic E-state index is 0.416. The Morgan fingerprint density at radius 1 is 1.15 bits per heavy atom. The molecular weight excluding hydrogens is 527 g/mol. The maximum absolute atomic E-state index is 13.4. The van der Waals surface area contributed by atoms with E-state index in [0.717, 1.165) is 36.2 Å². The zero-order valence-electron chi connectivity index (χ0n) is 22.3. The van der Waals surface area contributed by atoms with Crippen molar-refractivity contribution in [2.45, 2.75) is 44.4 Å². The summed E-state index contributed by atoms with van der Waals surface area (Å²) in [6.07, 6.45) is 1.12. The average molecular weight is 556 g/mol. The fraction of sp³-hybridized carbons (Fsp3) is 0.385. The molecule has 1 atom stereocenters. The van der Waals surface area contributed by atoms with E-state index < -0.39 is 35.3 Å². The number of aryl methyl sites for hydroxylation is 1. The largest absolute Gasteiger partial charge is 0.416 e. The van der Waals surface area contributed by atoms with Crippen LogP contribution in [0.4, 0.5) is 24.8 Å². The SMILES string of the molecule is CN1CC[C@H](NC(=O)c2nnc(C(C)(C)C(F)(F)F)o2)c2ccc(-c3ccnc(Nc4cnn(C)c4)n3)cc2C1. The summed E-state index contributed by atoms with van der Waals surface area (Å²) in [5.74, 6) is -1.49. The first kappa shape index (κ1) is 27.2. The topological polar surface area (TPSA) is 127 Å². The zero-order valence-corrected chi connectivity index (χ0v) is 22.3. The van der Waals surface area contributed by atoms with Crippen LogP contribution < -0.4 is 10.6 Å². The Morgan fingerprint density at radius 3 is 2.67 bits per heavy atom. The van der Waals surface area contributed by atoms with E-state index in [-0.39, 0.29) is 0 Å². The van der Waals surface area contributed by atoms with Crippen LogP contribution in [0.1, 0.15) is 54.0 Å². The van der Waals surface area contributed by atoms with Crippen LogP contribution in [0.25, 0.3) is 11.3 Å². The molecule has 14 heteroatoms. The highest BCUT2D eigenvalue weighted by Gasteiger charge is 2.52. The monoisotopic (exact) mass is 555 g/mol. The number of amides is 1. The molecule has 4 aromatic rings. The molecule has 2 N–H and O–H groups in total. The molecule has 11 nitrogen and oxygen atoms in total. The smallest absolute Gasteiger partial charge is 0.402 e. The summed E-state index contributed by atoms with van der Waals surface area (Å²) in [4.78, 5) is 24.0. The second-order valence-electron chi connectivity index (χ2n) is 10.3. The third kappa shape index (κ3) is 5.52. The lowest BCUT2D eigenvalue weighted by Gasteiger charge is -2.23. The van der Waals surface area contributed by atoms with Crippen LogP contribution in [0.2, 0.25) is 0 Å². The van der Waals surface area contributed by atoms with Crippen LogP contribution in [-0.4, -0.2) is 60.5 Å². The summed E-state index contributed by atoms with van der Waals surface area (Å²) in [5, 5.41) is 17.2. The fourth-order valence-electron chi connectivity index (χ4n) is 4.37. The van der Waals surface area contributed by atoms with Crippen molar-refractivity contribution >= 4 is 17.5 Å². The Morgan fingerprint density at radius 2 is 1.95 bits per heavy atom. The summed E-state index contributed by atoms with van der Waals surface area (Å²) in [6, 6.07) is 7.25. The minimum Gasteiger partial charge on any atom is -0.416 e. The summed E-state index contributed by atoms with van der Waals surface area (Å²) >= 11 is 0. The molecule has 0 spiro atoms. The van der Waals surface area contributed by atoms with Gasteiger partial charge < -0.3 is 20.0 Å². The molecule has 4 heterocycles. The van der Waals surface area contributed by atoms with Crippen LogP contribution >= 0.6 is 0 Å². The normalized spacial score (nSPS) is 16.3. The van der Waals surface area contributed by atoms with Gasteiger partial charge in [-0.1, -0.05) is 12.1 Å². The number of nitrogens with zero attached hydrogens (tertiary/aromatic N) is 7. The van der Waals surface area contributed by atoms with E-state index in [1.807, 2.05) is 44.6 Å².